The second-order valence-electron chi connectivity index (χ2n) is 2.62. The van der Waals surface area contributed by atoms with Crippen LogP contribution in [0.2, 0.25) is 0 Å². The Balaban J connectivity index is 2.75. The number of carbonyl (C=O) groups is 2. The highest BCUT2D eigenvalue weighted by molar-refractivity contribution is 5.85. The van der Waals surface area contributed by atoms with E-state index >= 15 is 0 Å². The molecule has 0 radical (unpaired) electrons. The third kappa shape index (κ3) is 1.13. The maximum Gasteiger partial charge on any atom is 0.372 e. The first-order chi connectivity index (χ1) is 6.72. The van der Waals surface area contributed by atoms with Gasteiger partial charge < -0.3 is 5.11 Å². The fourth-order valence-corrected chi connectivity index (χ4v) is 1.12. The van der Waals surface area contributed by atoms with Gasteiger partial charge in [-0.05, 0) is 0 Å². The van der Waals surface area contributed by atoms with Gasteiger partial charge >= 0.3 is 5.97 Å². The molecule has 0 fully saturated rings. The van der Waals surface area contributed by atoms with Crippen molar-refractivity contribution in [2.24, 2.45) is 0 Å². The quantitative estimate of drug-likeness (QED) is 0.687. The van der Waals surface area contributed by atoms with Crippen molar-refractivity contribution in [2.45, 2.75) is 0 Å². The molecule has 1 N–H and O–H groups in total. The summed E-state index contributed by atoms with van der Waals surface area (Å²) >= 11 is 0. The lowest BCUT2D eigenvalue weighted by Gasteiger charge is -1.96. The van der Waals surface area contributed by atoms with Crippen molar-refractivity contribution in [1.82, 2.24) is 14.4 Å². The van der Waals surface area contributed by atoms with Gasteiger partial charge in [0.1, 0.15) is 0 Å². The van der Waals surface area contributed by atoms with E-state index in [1.165, 1.54) is 23.0 Å². The van der Waals surface area contributed by atoms with Crippen molar-refractivity contribution in [3.63, 3.8) is 0 Å². The van der Waals surface area contributed by atoms with Crippen LogP contribution in [0.25, 0.3) is 5.65 Å². The van der Waals surface area contributed by atoms with Crippen molar-refractivity contribution >= 4 is 17.9 Å². The first kappa shape index (κ1) is 8.36. The summed E-state index contributed by atoms with van der Waals surface area (Å²) in [7, 11) is 0. The Morgan fingerprint density at radius 2 is 2.21 bits per heavy atom. The minimum absolute atomic E-state index is 0.156. The van der Waals surface area contributed by atoms with E-state index in [4.69, 9.17) is 5.11 Å². The molecular formula is C8H5N3O3. The predicted molar refractivity (Wildman–Crippen MR) is 45.3 cm³/mol. The lowest BCUT2D eigenvalue weighted by molar-refractivity contribution is 0.0682. The highest BCUT2D eigenvalue weighted by atomic mass is 16.4. The van der Waals surface area contributed by atoms with Crippen LogP contribution >= 0.6 is 0 Å². The monoisotopic (exact) mass is 191 g/mol. The van der Waals surface area contributed by atoms with Gasteiger partial charge in [-0.3, -0.25) is 9.20 Å². The van der Waals surface area contributed by atoms with Crippen LogP contribution in [-0.4, -0.2) is 31.7 Å². The Morgan fingerprint density at radius 3 is 2.86 bits per heavy atom. The Morgan fingerprint density at radius 1 is 1.43 bits per heavy atom. The van der Waals surface area contributed by atoms with E-state index in [0.717, 1.165) is 0 Å². The molecule has 0 bridgehead atoms. The number of aldehydes is 1. The number of aromatic nitrogens is 3. The summed E-state index contributed by atoms with van der Waals surface area (Å²) in [5.41, 5.74) is 0.700. The molecule has 0 atom stereocenters. The molecule has 0 aromatic carbocycles. The zero-order valence-corrected chi connectivity index (χ0v) is 6.91. The number of fused-ring (bicyclic) bond motifs is 1. The van der Waals surface area contributed by atoms with Crippen LogP contribution in [0.15, 0.2) is 18.6 Å². The minimum atomic E-state index is -1.16. The van der Waals surface area contributed by atoms with E-state index in [1.807, 2.05) is 0 Å². The van der Waals surface area contributed by atoms with Crippen molar-refractivity contribution < 1.29 is 14.7 Å². The van der Waals surface area contributed by atoms with Crippen LogP contribution in [0.4, 0.5) is 0 Å². The third-order valence-corrected chi connectivity index (χ3v) is 1.73. The van der Waals surface area contributed by atoms with Gasteiger partial charge in [0.25, 0.3) is 0 Å². The van der Waals surface area contributed by atoms with Gasteiger partial charge in [-0.15, -0.1) is 0 Å². The van der Waals surface area contributed by atoms with E-state index in [-0.39, 0.29) is 5.82 Å². The average molecular weight is 191 g/mol. The number of hydrogen-bond donors (Lipinski definition) is 1. The van der Waals surface area contributed by atoms with Crippen LogP contribution < -0.4 is 0 Å². The fraction of sp³-hybridized carbons (Fsp3) is 0. The number of carboxylic acid groups (broad SMARTS) is 1. The molecule has 0 saturated heterocycles. The van der Waals surface area contributed by atoms with Crippen LogP contribution in [0.3, 0.4) is 0 Å². The largest absolute Gasteiger partial charge is 0.475 e. The second kappa shape index (κ2) is 2.91. The van der Waals surface area contributed by atoms with Crippen molar-refractivity contribution in [2.75, 3.05) is 0 Å². The van der Waals surface area contributed by atoms with Crippen LogP contribution in [-0.2, 0) is 0 Å². The van der Waals surface area contributed by atoms with Crippen molar-refractivity contribution in [3.8, 4) is 0 Å². The summed E-state index contributed by atoms with van der Waals surface area (Å²) in [6.45, 7) is 0. The normalized spacial score (nSPS) is 10.3. The van der Waals surface area contributed by atoms with Crippen LogP contribution in [0.1, 0.15) is 21.0 Å². The standard InChI is InChI=1S/C8H5N3O3/c12-4-5-1-9-6-2-10-7(8(13)14)11(6)3-5/h1-4H,(H,13,14). The molecule has 0 amide bonds. The summed E-state index contributed by atoms with van der Waals surface area (Å²) in [5.74, 6) is -1.31. The summed E-state index contributed by atoms with van der Waals surface area (Å²) in [6.07, 6.45) is 4.66. The number of carbonyl (C=O) groups excluding carboxylic acids is 1. The molecule has 0 aliphatic heterocycles. The van der Waals surface area contributed by atoms with Gasteiger partial charge in [0.05, 0.1) is 6.20 Å². The number of carboxylic acids is 1. The Hall–Kier alpha value is -2.24. The summed E-state index contributed by atoms with van der Waals surface area (Å²) < 4.78 is 1.26. The van der Waals surface area contributed by atoms with E-state index in [0.29, 0.717) is 17.5 Å². The van der Waals surface area contributed by atoms with E-state index in [1.54, 1.807) is 0 Å². The number of nitrogens with zero attached hydrogens (tertiary/aromatic N) is 3. The van der Waals surface area contributed by atoms with E-state index in [2.05, 4.69) is 9.97 Å². The molecule has 0 spiro atoms. The Labute approximate surface area is 77.8 Å². The van der Waals surface area contributed by atoms with Gasteiger partial charge in [0.2, 0.25) is 5.82 Å². The lowest BCUT2D eigenvalue weighted by Crippen LogP contribution is -2.04. The van der Waals surface area contributed by atoms with E-state index < -0.39 is 5.97 Å². The molecule has 0 aliphatic rings. The Bertz CT molecular complexity index is 518. The van der Waals surface area contributed by atoms with Crippen LogP contribution in [0.5, 0.6) is 0 Å². The molecular weight excluding hydrogens is 186 g/mol. The van der Waals surface area contributed by atoms with Gasteiger partial charge in [0.15, 0.2) is 11.9 Å². The molecule has 0 saturated carbocycles. The molecule has 6 heteroatoms. The second-order valence-corrected chi connectivity index (χ2v) is 2.62. The SMILES string of the molecule is O=Cc1cnc2cnc(C(=O)O)n2c1. The number of imidazole rings is 1. The van der Waals surface area contributed by atoms with Crippen molar-refractivity contribution in [1.29, 1.82) is 0 Å². The smallest absolute Gasteiger partial charge is 0.372 e. The van der Waals surface area contributed by atoms with E-state index in [9.17, 15) is 9.59 Å². The van der Waals surface area contributed by atoms with Crippen molar-refractivity contribution in [3.05, 3.63) is 30.0 Å². The number of hydrogen-bond acceptors (Lipinski definition) is 4. The molecule has 70 valence electrons. The molecule has 6 nitrogen and oxygen atoms in total. The minimum Gasteiger partial charge on any atom is -0.475 e. The van der Waals surface area contributed by atoms with Gasteiger partial charge in [-0.25, -0.2) is 14.8 Å². The third-order valence-electron chi connectivity index (χ3n) is 1.73. The topological polar surface area (TPSA) is 84.6 Å². The highest BCUT2D eigenvalue weighted by Gasteiger charge is 2.11. The zero-order valence-electron chi connectivity index (χ0n) is 6.91. The van der Waals surface area contributed by atoms with Gasteiger partial charge in [0, 0.05) is 18.0 Å². The van der Waals surface area contributed by atoms with Gasteiger partial charge in [-0.1, -0.05) is 0 Å². The Kier molecular flexibility index (Phi) is 1.74. The first-order valence-electron chi connectivity index (χ1n) is 3.74. The summed E-state index contributed by atoms with van der Waals surface area (Å²) in [5, 5.41) is 8.74. The molecule has 14 heavy (non-hydrogen) atoms. The molecule has 0 aliphatic carbocycles. The lowest BCUT2D eigenvalue weighted by atomic mass is 10.4. The average Bonchev–Trinajstić information content (AvgIpc) is 2.59. The summed E-state index contributed by atoms with van der Waals surface area (Å²) in [4.78, 5) is 28.6. The number of aromatic carboxylic acids is 1. The predicted octanol–water partition coefficient (Wildman–Crippen LogP) is 0.240. The molecule has 2 aromatic heterocycles. The maximum atomic E-state index is 10.7. The molecule has 2 heterocycles. The first-order valence-corrected chi connectivity index (χ1v) is 3.74. The molecule has 0 unspecified atom stereocenters. The highest BCUT2D eigenvalue weighted by Crippen LogP contribution is 2.05. The summed E-state index contributed by atoms with van der Waals surface area (Å²) in [6, 6.07) is 0. The zero-order chi connectivity index (χ0) is 10.1. The maximum absolute atomic E-state index is 10.7. The number of rotatable bonds is 2. The molecule has 2 rings (SSSR count). The fourth-order valence-electron chi connectivity index (χ4n) is 1.12. The van der Waals surface area contributed by atoms with Crippen LogP contribution in [0, 0.1) is 0 Å². The van der Waals surface area contributed by atoms with Gasteiger partial charge in [-0.2, -0.15) is 0 Å². The molecule has 2 aromatic rings.